The lowest BCUT2D eigenvalue weighted by atomic mass is 10.1. The van der Waals surface area contributed by atoms with Crippen LogP contribution in [0.25, 0.3) is 0 Å². The van der Waals surface area contributed by atoms with Crippen LogP contribution in [-0.2, 0) is 6.54 Å². The van der Waals surface area contributed by atoms with Gasteiger partial charge in [-0.15, -0.1) is 0 Å². The van der Waals surface area contributed by atoms with Gasteiger partial charge in [0.1, 0.15) is 5.82 Å². The smallest absolute Gasteiger partial charge is 0.126 e. The number of nitrogens with zero attached hydrogens (tertiary/aromatic N) is 2. The van der Waals surface area contributed by atoms with Gasteiger partial charge in [0, 0.05) is 44.3 Å². The summed E-state index contributed by atoms with van der Waals surface area (Å²) in [5.41, 5.74) is 6.41. The number of nitrogens with one attached hydrogen (secondary N) is 3. The van der Waals surface area contributed by atoms with E-state index in [1.165, 1.54) is 24.6 Å². The first-order valence-corrected chi connectivity index (χ1v) is 10.9. The second-order valence-corrected chi connectivity index (χ2v) is 6.79. The largest absolute Gasteiger partial charge is 0.405 e. The van der Waals surface area contributed by atoms with Gasteiger partial charge in [-0.1, -0.05) is 37.6 Å². The summed E-state index contributed by atoms with van der Waals surface area (Å²) in [5.74, 6) is 0.906. The van der Waals surface area contributed by atoms with Gasteiger partial charge in [-0.25, -0.2) is 4.98 Å². The second kappa shape index (κ2) is 17.4. The average Bonchev–Trinajstić information content (AvgIpc) is 2.81. The van der Waals surface area contributed by atoms with E-state index in [2.05, 4.69) is 25.9 Å². The maximum absolute atomic E-state index is 5.75. The Hall–Kier alpha value is -2.41. The van der Waals surface area contributed by atoms with Gasteiger partial charge in [-0.05, 0) is 61.5 Å². The molecule has 0 aromatic carbocycles. The van der Waals surface area contributed by atoms with E-state index in [0.717, 1.165) is 32.0 Å². The lowest BCUT2D eigenvalue weighted by molar-refractivity contribution is 0.479. The number of allylic oxidation sites excluding steroid dienone is 2. The lowest BCUT2D eigenvalue weighted by Gasteiger charge is -2.24. The van der Waals surface area contributed by atoms with Crippen LogP contribution in [0.1, 0.15) is 32.3 Å². The zero-order chi connectivity index (χ0) is 21.9. The SMILES string of the molecule is CC.Clc1ccc(NC2CCCNC2)nc1.N/C=C\C=C/CNCc1ccncc1. The Morgan fingerprint density at radius 2 is 2.00 bits per heavy atom. The number of rotatable bonds is 7. The van der Waals surface area contributed by atoms with E-state index in [0.29, 0.717) is 11.1 Å². The number of piperidine rings is 1. The molecule has 0 amide bonds. The normalized spacial score (nSPS) is 15.8. The molecule has 0 bridgehead atoms. The van der Waals surface area contributed by atoms with Gasteiger partial charge in [-0.3, -0.25) is 4.98 Å². The van der Waals surface area contributed by atoms with Crippen LogP contribution >= 0.6 is 11.6 Å². The monoisotopic (exact) mass is 430 g/mol. The van der Waals surface area contributed by atoms with Crippen LogP contribution in [0.15, 0.2) is 67.3 Å². The molecule has 2 aromatic heterocycles. The van der Waals surface area contributed by atoms with Gasteiger partial charge in [0.25, 0.3) is 0 Å². The first-order valence-electron chi connectivity index (χ1n) is 10.5. The summed E-state index contributed by atoms with van der Waals surface area (Å²) in [6.07, 6.45) is 14.9. The zero-order valence-corrected chi connectivity index (χ0v) is 18.8. The molecule has 6 nitrogen and oxygen atoms in total. The molecule has 1 saturated heterocycles. The van der Waals surface area contributed by atoms with Crippen LogP contribution in [0.5, 0.6) is 0 Å². The second-order valence-electron chi connectivity index (χ2n) is 6.35. The quantitative estimate of drug-likeness (QED) is 0.390. The Bertz CT molecular complexity index is 697. The molecule has 1 fully saturated rings. The van der Waals surface area contributed by atoms with E-state index in [9.17, 15) is 0 Å². The van der Waals surface area contributed by atoms with Gasteiger partial charge in [0.05, 0.1) is 5.02 Å². The van der Waals surface area contributed by atoms with E-state index < -0.39 is 0 Å². The molecule has 2 aromatic rings. The summed E-state index contributed by atoms with van der Waals surface area (Å²) in [7, 11) is 0. The highest BCUT2D eigenvalue weighted by atomic mass is 35.5. The number of nitrogens with two attached hydrogens (primary N) is 1. The van der Waals surface area contributed by atoms with Gasteiger partial charge < -0.3 is 21.7 Å². The molecule has 0 spiro atoms. The number of halogens is 1. The summed E-state index contributed by atoms with van der Waals surface area (Å²) in [6, 6.07) is 8.26. The summed E-state index contributed by atoms with van der Waals surface area (Å²) in [6.45, 7) is 7.85. The van der Waals surface area contributed by atoms with Crippen molar-refractivity contribution in [2.45, 2.75) is 39.3 Å². The number of hydrogen-bond acceptors (Lipinski definition) is 6. The van der Waals surface area contributed by atoms with Gasteiger partial charge in [0.2, 0.25) is 0 Å². The summed E-state index contributed by atoms with van der Waals surface area (Å²) in [5, 5.41) is 10.7. The standard InChI is InChI=1S/C11H15N3.C10H14ClN3.C2H6/c12-6-2-1-3-7-14-10-11-4-8-13-9-5-11;11-8-3-4-10(13-6-8)14-9-2-1-5-12-7-9;1-2/h1-6,8-9,14H,7,10,12H2;3-4,6,9,12H,1-2,5,7H2,(H,13,14);1-2H3/b3-1-,6-2-;;. The topological polar surface area (TPSA) is 87.9 Å². The molecule has 0 radical (unpaired) electrons. The fourth-order valence-electron chi connectivity index (χ4n) is 2.66. The third-order valence-electron chi connectivity index (χ3n) is 4.08. The molecule has 164 valence electrons. The molecule has 3 heterocycles. The van der Waals surface area contributed by atoms with E-state index >= 15 is 0 Å². The molecular weight excluding hydrogens is 396 g/mol. The Labute approximate surface area is 186 Å². The Kier molecular flexibility index (Phi) is 14.9. The lowest BCUT2D eigenvalue weighted by Crippen LogP contribution is -2.38. The van der Waals surface area contributed by atoms with Crippen LogP contribution in [-0.4, -0.2) is 35.6 Å². The van der Waals surface area contributed by atoms with Crippen molar-refractivity contribution in [3.8, 4) is 0 Å². The third-order valence-corrected chi connectivity index (χ3v) is 4.30. The predicted molar refractivity (Wildman–Crippen MR) is 129 cm³/mol. The highest BCUT2D eigenvalue weighted by Gasteiger charge is 2.12. The molecule has 5 N–H and O–H groups in total. The number of hydrogen-bond donors (Lipinski definition) is 4. The third kappa shape index (κ3) is 12.2. The highest BCUT2D eigenvalue weighted by molar-refractivity contribution is 6.30. The first kappa shape index (κ1) is 25.6. The van der Waals surface area contributed by atoms with Gasteiger partial charge in [0.15, 0.2) is 0 Å². The maximum Gasteiger partial charge on any atom is 0.126 e. The molecule has 3 rings (SSSR count). The van der Waals surface area contributed by atoms with Crippen LogP contribution in [0, 0.1) is 0 Å². The summed E-state index contributed by atoms with van der Waals surface area (Å²) < 4.78 is 0. The highest BCUT2D eigenvalue weighted by Crippen LogP contribution is 2.12. The van der Waals surface area contributed by atoms with Crippen LogP contribution < -0.4 is 21.7 Å². The minimum Gasteiger partial charge on any atom is -0.405 e. The van der Waals surface area contributed by atoms with Crippen molar-refractivity contribution in [3.63, 3.8) is 0 Å². The van der Waals surface area contributed by atoms with E-state index in [4.69, 9.17) is 17.3 Å². The van der Waals surface area contributed by atoms with E-state index in [1.807, 2.05) is 50.3 Å². The molecule has 1 atom stereocenters. The van der Waals surface area contributed by atoms with Crippen LogP contribution in [0.3, 0.4) is 0 Å². The van der Waals surface area contributed by atoms with Crippen LogP contribution in [0.4, 0.5) is 5.82 Å². The molecular formula is C23H35ClN6. The maximum atomic E-state index is 5.75. The predicted octanol–water partition coefficient (Wildman–Crippen LogP) is 4.12. The minimum absolute atomic E-state index is 0.498. The van der Waals surface area contributed by atoms with Gasteiger partial charge in [-0.2, -0.15) is 0 Å². The summed E-state index contributed by atoms with van der Waals surface area (Å²) >= 11 is 5.75. The van der Waals surface area contributed by atoms with Crippen molar-refractivity contribution in [3.05, 3.63) is 77.9 Å². The fourth-order valence-corrected chi connectivity index (χ4v) is 2.77. The van der Waals surface area contributed by atoms with Crippen molar-refractivity contribution >= 4 is 17.4 Å². The Balaban J connectivity index is 0.000000277. The van der Waals surface area contributed by atoms with Crippen LogP contribution in [0.2, 0.25) is 5.02 Å². The van der Waals surface area contributed by atoms with Crippen molar-refractivity contribution in [2.24, 2.45) is 5.73 Å². The average molecular weight is 431 g/mol. The number of pyridine rings is 2. The molecule has 1 aliphatic heterocycles. The Morgan fingerprint density at radius 1 is 1.20 bits per heavy atom. The fraction of sp³-hybridized carbons (Fsp3) is 0.391. The van der Waals surface area contributed by atoms with Crippen molar-refractivity contribution in [1.29, 1.82) is 0 Å². The molecule has 7 heteroatoms. The molecule has 0 saturated carbocycles. The minimum atomic E-state index is 0.498. The first-order chi connectivity index (χ1) is 14.8. The number of anilines is 1. The molecule has 0 aliphatic carbocycles. The zero-order valence-electron chi connectivity index (χ0n) is 18.0. The van der Waals surface area contributed by atoms with Crippen molar-refractivity contribution in [2.75, 3.05) is 25.0 Å². The van der Waals surface area contributed by atoms with E-state index in [1.54, 1.807) is 24.7 Å². The number of aromatic nitrogens is 2. The van der Waals surface area contributed by atoms with E-state index in [-0.39, 0.29) is 0 Å². The van der Waals surface area contributed by atoms with Crippen molar-refractivity contribution < 1.29 is 0 Å². The van der Waals surface area contributed by atoms with Gasteiger partial charge >= 0.3 is 0 Å². The molecule has 1 aliphatic rings. The summed E-state index contributed by atoms with van der Waals surface area (Å²) in [4.78, 5) is 8.15. The van der Waals surface area contributed by atoms with Crippen molar-refractivity contribution in [1.82, 2.24) is 20.6 Å². The molecule has 1 unspecified atom stereocenters. The molecule has 30 heavy (non-hydrogen) atoms. The Morgan fingerprint density at radius 3 is 2.63 bits per heavy atom.